The van der Waals surface area contributed by atoms with Crippen LogP contribution in [-0.2, 0) is 26.2 Å². The highest BCUT2D eigenvalue weighted by molar-refractivity contribution is 7.92. The molecule has 0 saturated heterocycles. The van der Waals surface area contributed by atoms with Gasteiger partial charge in [0.05, 0.1) is 25.7 Å². The van der Waals surface area contributed by atoms with E-state index in [9.17, 15) is 18.0 Å². The lowest BCUT2D eigenvalue weighted by Crippen LogP contribution is -2.51. The van der Waals surface area contributed by atoms with E-state index in [4.69, 9.17) is 46.4 Å². The largest absolute Gasteiger partial charge is 0.354 e. The summed E-state index contributed by atoms with van der Waals surface area (Å²) in [7, 11) is -4.28. The van der Waals surface area contributed by atoms with Crippen LogP contribution in [0.2, 0.25) is 20.1 Å². The van der Waals surface area contributed by atoms with Gasteiger partial charge in [0.1, 0.15) is 12.6 Å². The Labute approximate surface area is 261 Å². The van der Waals surface area contributed by atoms with E-state index in [1.54, 1.807) is 37.3 Å². The molecule has 1 N–H and O–H groups in total. The predicted molar refractivity (Wildman–Crippen MR) is 167 cm³/mol. The molecule has 0 radical (unpaired) electrons. The molecular weight excluding hydrogens is 628 g/mol. The van der Waals surface area contributed by atoms with Crippen LogP contribution in [0.25, 0.3) is 0 Å². The number of nitrogens with zero attached hydrogens (tertiary/aromatic N) is 2. The number of carbonyl (C=O) groups excluding carboxylic acids is 2. The predicted octanol–water partition coefficient (Wildman–Crippen LogP) is 7.14. The summed E-state index contributed by atoms with van der Waals surface area (Å²) in [4.78, 5) is 28.3. The normalized spacial score (nSPS) is 12.1. The third kappa shape index (κ3) is 8.52. The molecule has 3 aromatic carbocycles. The van der Waals surface area contributed by atoms with Crippen molar-refractivity contribution >= 4 is 73.9 Å². The first-order chi connectivity index (χ1) is 19.3. The Bertz CT molecular complexity index is 1500. The molecular formula is C29H31Cl4N3O4S. The first-order valence-corrected chi connectivity index (χ1v) is 15.9. The van der Waals surface area contributed by atoms with Crippen molar-refractivity contribution in [2.24, 2.45) is 0 Å². The lowest BCUT2D eigenvalue weighted by atomic mass is 10.1. The van der Waals surface area contributed by atoms with Crippen molar-refractivity contribution in [1.29, 1.82) is 0 Å². The number of carbonyl (C=O) groups is 2. The molecule has 0 aliphatic heterocycles. The van der Waals surface area contributed by atoms with E-state index in [0.29, 0.717) is 17.1 Å². The fourth-order valence-electron chi connectivity index (χ4n) is 3.98. The molecule has 41 heavy (non-hydrogen) atoms. The maximum absolute atomic E-state index is 14.0. The third-order valence-corrected chi connectivity index (χ3v) is 9.47. The average Bonchev–Trinajstić information content (AvgIpc) is 2.93. The summed E-state index contributed by atoms with van der Waals surface area (Å²) < 4.78 is 28.8. The van der Waals surface area contributed by atoms with Crippen LogP contribution in [-0.4, -0.2) is 44.3 Å². The van der Waals surface area contributed by atoms with Gasteiger partial charge in [0.15, 0.2) is 0 Å². The number of amides is 2. The summed E-state index contributed by atoms with van der Waals surface area (Å²) in [6, 6.07) is 14.5. The Morgan fingerprint density at radius 2 is 1.56 bits per heavy atom. The molecule has 3 aromatic rings. The minimum atomic E-state index is -4.28. The average molecular weight is 659 g/mol. The van der Waals surface area contributed by atoms with E-state index in [1.807, 2.05) is 13.8 Å². The van der Waals surface area contributed by atoms with Crippen molar-refractivity contribution < 1.29 is 18.0 Å². The highest BCUT2D eigenvalue weighted by Gasteiger charge is 2.33. The first kappa shape index (κ1) is 33.0. The highest BCUT2D eigenvalue weighted by Crippen LogP contribution is 2.33. The van der Waals surface area contributed by atoms with E-state index in [0.717, 1.165) is 22.7 Å². The van der Waals surface area contributed by atoms with Crippen LogP contribution in [0.1, 0.15) is 37.8 Å². The fourth-order valence-corrected chi connectivity index (χ4v) is 6.16. The van der Waals surface area contributed by atoms with Crippen molar-refractivity contribution in [3.8, 4) is 0 Å². The summed E-state index contributed by atoms with van der Waals surface area (Å²) in [5, 5.41) is 3.77. The van der Waals surface area contributed by atoms with Gasteiger partial charge < -0.3 is 10.2 Å². The summed E-state index contributed by atoms with van der Waals surface area (Å²) in [5.74, 6) is -1.01. The van der Waals surface area contributed by atoms with Gasteiger partial charge in [0.2, 0.25) is 11.8 Å². The van der Waals surface area contributed by atoms with Crippen LogP contribution in [0.15, 0.2) is 65.6 Å². The minimum absolute atomic E-state index is 0.0280. The summed E-state index contributed by atoms with van der Waals surface area (Å²) in [6.07, 6.45) is 1.65. The Morgan fingerprint density at radius 3 is 2.20 bits per heavy atom. The number of halogens is 4. The van der Waals surface area contributed by atoms with E-state index >= 15 is 0 Å². The van der Waals surface area contributed by atoms with E-state index in [1.165, 1.54) is 35.2 Å². The third-order valence-electron chi connectivity index (χ3n) is 6.40. The molecule has 0 aromatic heterocycles. The lowest BCUT2D eigenvalue weighted by Gasteiger charge is -2.32. The molecule has 1 atom stereocenters. The van der Waals surface area contributed by atoms with Crippen LogP contribution in [0.4, 0.5) is 5.69 Å². The highest BCUT2D eigenvalue weighted by atomic mass is 35.5. The number of rotatable bonds is 12. The zero-order valence-corrected chi connectivity index (χ0v) is 26.7. The Hall–Kier alpha value is -2.49. The Balaban J connectivity index is 2.06. The quantitative estimate of drug-likeness (QED) is 0.210. The topological polar surface area (TPSA) is 86.8 Å². The summed E-state index contributed by atoms with van der Waals surface area (Å²) in [5.41, 5.74) is 1.50. The molecule has 3 rings (SSSR count). The Morgan fingerprint density at radius 1 is 0.902 bits per heavy atom. The Kier molecular flexibility index (Phi) is 11.8. The molecule has 7 nitrogen and oxygen atoms in total. The molecule has 0 saturated carbocycles. The number of hydrogen-bond donors (Lipinski definition) is 1. The number of benzene rings is 3. The van der Waals surface area contributed by atoms with Gasteiger partial charge in [-0.2, -0.15) is 0 Å². The number of sulfonamides is 1. The van der Waals surface area contributed by atoms with Gasteiger partial charge in [-0.25, -0.2) is 8.42 Å². The number of aryl methyl sites for hydroxylation is 1. The van der Waals surface area contributed by atoms with Gasteiger partial charge in [-0.15, -0.1) is 0 Å². The molecule has 12 heteroatoms. The standard InChI is InChI=1S/C29H31Cl4N3O4S/c1-4-5-14-34-29(38)20(3)35(17-21-8-12-24(31)26(33)15-21)28(37)18-36(27-16-22(30)9-13-25(27)32)41(39,40)23-10-6-19(2)7-11-23/h6-13,15-16,20H,4-5,14,17-18H2,1-3H3,(H,34,38)/t20-/m1/s1. The van der Waals surface area contributed by atoms with Gasteiger partial charge in [-0.05, 0) is 68.3 Å². The molecule has 220 valence electrons. The smallest absolute Gasteiger partial charge is 0.264 e. The molecule has 0 aliphatic carbocycles. The molecule has 0 heterocycles. The zero-order valence-electron chi connectivity index (χ0n) is 22.8. The maximum atomic E-state index is 14.0. The first-order valence-electron chi connectivity index (χ1n) is 12.9. The van der Waals surface area contributed by atoms with Crippen molar-refractivity contribution in [3.05, 3.63) is 91.9 Å². The summed E-state index contributed by atoms with van der Waals surface area (Å²) >= 11 is 24.9. The molecule has 0 fully saturated rings. The van der Waals surface area contributed by atoms with Crippen LogP contribution in [0.3, 0.4) is 0 Å². The maximum Gasteiger partial charge on any atom is 0.264 e. The van der Waals surface area contributed by atoms with Crippen molar-refractivity contribution in [1.82, 2.24) is 10.2 Å². The number of hydrogen-bond acceptors (Lipinski definition) is 4. The second-order valence-electron chi connectivity index (χ2n) is 9.51. The van der Waals surface area contributed by atoms with Crippen LogP contribution in [0, 0.1) is 6.92 Å². The van der Waals surface area contributed by atoms with E-state index < -0.39 is 28.5 Å². The van der Waals surface area contributed by atoms with Gasteiger partial charge in [-0.3, -0.25) is 13.9 Å². The van der Waals surface area contributed by atoms with Crippen molar-refractivity contribution in [2.75, 3.05) is 17.4 Å². The van der Waals surface area contributed by atoms with Gasteiger partial charge >= 0.3 is 0 Å². The monoisotopic (exact) mass is 657 g/mol. The van der Waals surface area contributed by atoms with Crippen LogP contribution >= 0.6 is 46.4 Å². The fraction of sp³-hybridized carbons (Fsp3) is 0.310. The molecule has 2 amide bonds. The van der Waals surface area contributed by atoms with E-state index in [2.05, 4.69) is 5.32 Å². The molecule has 0 spiro atoms. The second kappa shape index (κ2) is 14.6. The zero-order chi connectivity index (χ0) is 30.3. The molecule has 0 bridgehead atoms. The van der Waals surface area contributed by atoms with Crippen molar-refractivity contribution in [3.63, 3.8) is 0 Å². The molecule has 0 aliphatic rings. The molecule has 0 unspecified atom stereocenters. The number of unbranched alkanes of at least 4 members (excludes halogenated alkanes) is 1. The minimum Gasteiger partial charge on any atom is -0.354 e. The van der Waals surface area contributed by atoms with Crippen molar-refractivity contribution in [2.45, 2.75) is 51.1 Å². The van der Waals surface area contributed by atoms with Crippen LogP contribution < -0.4 is 9.62 Å². The summed E-state index contributed by atoms with van der Waals surface area (Å²) in [6.45, 7) is 5.19. The number of anilines is 1. The second-order valence-corrected chi connectivity index (χ2v) is 13.0. The SMILES string of the molecule is CCCCNC(=O)[C@@H](C)N(Cc1ccc(Cl)c(Cl)c1)C(=O)CN(c1cc(Cl)ccc1Cl)S(=O)(=O)c1ccc(C)cc1. The van der Waals surface area contributed by atoms with Gasteiger partial charge in [0, 0.05) is 18.1 Å². The van der Waals surface area contributed by atoms with Gasteiger partial charge in [-0.1, -0.05) is 83.5 Å². The van der Waals surface area contributed by atoms with Gasteiger partial charge in [0.25, 0.3) is 10.0 Å². The van der Waals surface area contributed by atoms with E-state index in [-0.39, 0.29) is 38.1 Å². The van der Waals surface area contributed by atoms with Crippen LogP contribution in [0.5, 0.6) is 0 Å². The number of nitrogens with one attached hydrogen (secondary N) is 1. The lowest BCUT2D eigenvalue weighted by molar-refractivity contribution is -0.139.